The molecule has 2 atom stereocenters. The topological polar surface area (TPSA) is 55.6 Å². The molecular weight excluding hydrogens is 252 g/mol. The summed E-state index contributed by atoms with van der Waals surface area (Å²) >= 11 is 0. The predicted molar refractivity (Wildman–Crippen MR) is 79.7 cm³/mol. The van der Waals surface area contributed by atoms with E-state index in [1.54, 1.807) is 0 Å². The highest BCUT2D eigenvalue weighted by molar-refractivity contribution is 5.96. The summed E-state index contributed by atoms with van der Waals surface area (Å²) in [4.78, 5) is 14.8. The lowest BCUT2D eigenvalue weighted by atomic mass is 10.0. The summed E-state index contributed by atoms with van der Waals surface area (Å²) < 4.78 is 5.66. The Bertz CT molecular complexity index is 462. The monoisotopic (exact) mass is 276 g/mol. The van der Waals surface area contributed by atoms with E-state index in [-0.39, 0.29) is 18.1 Å². The van der Waals surface area contributed by atoms with Crippen LogP contribution in [-0.4, -0.2) is 42.6 Å². The van der Waals surface area contributed by atoms with E-state index in [1.165, 1.54) is 0 Å². The molecule has 110 valence electrons. The van der Waals surface area contributed by atoms with Crippen LogP contribution in [0.4, 0.5) is 0 Å². The normalized spacial score (nSPS) is 22.9. The number of ether oxygens (including phenoxy) is 1. The summed E-state index contributed by atoms with van der Waals surface area (Å²) in [5, 5.41) is 0. The molecule has 1 fully saturated rings. The fourth-order valence-corrected chi connectivity index (χ4v) is 2.69. The Labute approximate surface area is 120 Å². The molecule has 2 rings (SSSR count). The zero-order valence-electron chi connectivity index (χ0n) is 12.3. The lowest BCUT2D eigenvalue weighted by molar-refractivity contribution is -0.0444. The van der Waals surface area contributed by atoms with Crippen LogP contribution in [0.15, 0.2) is 24.3 Å². The van der Waals surface area contributed by atoms with Crippen molar-refractivity contribution in [2.24, 2.45) is 5.73 Å². The Kier molecular flexibility index (Phi) is 5.15. The van der Waals surface area contributed by atoms with Gasteiger partial charge in [-0.05, 0) is 37.9 Å². The highest BCUT2D eigenvalue weighted by Crippen LogP contribution is 2.20. The average molecular weight is 276 g/mol. The number of hydrogen-bond acceptors (Lipinski definition) is 3. The van der Waals surface area contributed by atoms with Gasteiger partial charge in [-0.2, -0.15) is 0 Å². The fraction of sp³-hybridized carbons (Fsp3) is 0.562. The number of amides is 1. The van der Waals surface area contributed by atoms with Crippen molar-refractivity contribution in [3.8, 4) is 0 Å². The summed E-state index contributed by atoms with van der Waals surface area (Å²) in [6.45, 7) is 5.95. The van der Waals surface area contributed by atoms with Crippen LogP contribution in [0.2, 0.25) is 0 Å². The third-order valence-corrected chi connectivity index (χ3v) is 3.86. The molecule has 0 bridgehead atoms. The Balaban J connectivity index is 2.24. The van der Waals surface area contributed by atoms with Crippen LogP contribution in [-0.2, 0) is 11.2 Å². The first-order chi connectivity index (χ1) is 9.67. The first-order valence-electron chi connectivity index (χ1n) is 7.37. The lowest BCUT2D eigenvalue weighted by Gasteiger charge is -2.38. The fourth-order valence-electron chi connectivity index (χ4n) is 2.69. The van der Waals surface area contributed by atoms with Gasteiger partial charge in [0.25, 0.3) is 5.91 Å². The largest absolute Gasteiger partial charge is 0.375 e. The number of nitrogens with zero attached hydrogens (tertiary/aromatic N) is 1. The minimum absolute atomic E-state index is 0.100. The van der Waals surface area contributed by atoms with Gasteiger partial charge in [0.05, 0.1) is 18.8 Å². The number of rotatable bonds is 4. The highest BCUT2D eigenvalue weighted by atomic mass is 16.5. The molecule has 0 spiro atoms. The van der Waals surface area contributed by atoms with Crippen LogP contribution in [0.25, 0.3) is 0 Å². The minimum atomic E-state index is 0.100. The Hall–Kier alpha value is -1.39. The standard InChI is InChI=1S/C16H24N2O2/c1-3-14-11-20-12(2)10-18(14)16(19)15-7-5-4-6-13(15)8-9-17/h4-7,12,14H,3,8-11,17H2,1-2H3. The zero-order chi connectivity index (χ0) is 14.5. The molecule has 1 aliphatic heterocycles. The summed E-state index contributed by atoms with van der Waals surface area (Å²) in [5.74, 6) is 0.107. The zero-order valence-corrected chi connectivity index (χ0v) is 12.3. The number of hydrogen-bond donors (Lipinski definition) is 1. The van der Waals surface area contributed by atoms with Crippen LogP contribution < -0.4 is 5.73 Å². The number of carbonyl (C=O) groups is 1. The van der Waals surface area contributed by atoms with Gasteiger partial charge in [0, 0.05) is 12.1 Å². The van der Waals surface area contributed by atoms with Gasteiger partial charge in [-0.25, -0.2) is 0 Å². The quantitative estimate of drug-likeness (QED) is 0.912. The molecule has 0 radical (unpaired) electrons. The van der Waals surface area contributed by atoms with E-state index < -0.39 is 0 Å². The van der Waals surface area contributed by atoms with Crippen molar-refractivity contribution in [3.05, 3.63) is 35.4 Å². The van der Waals surface area contributed by atoms with Gasteiger partial charge in [-0.1, -0.05) is 25.1 Å². The second-order valence-corrected chi connectivity index (χ2v) is 5.36. The van der Waals surface area contributed by atoms with Crippen molar-refractivity contribution in [1.29, 1.82) is 0 Å². The van der Waals surface area contributed by atoms with Crippen LogP contribution >= 0.6 is 0 Å². The summed E-state index contributed by atoms with van der Waals surface area (Å²) in [6, 6.07) is 7.94. The molecule has 1 aromatic carbocycles. The SMILES string of the molecule is CCC1COC(C)CN1C(=O)c1ccccc1CCN. The Morgan fingerprint density at radius 3 is 2.90 bits per heavy atom. The smallest absolute Gasteiger partial charge is 0.254 e. The second kappa shape index (κ2) is 6.86. The average Bonchev–Trinajstić information content (AvgIpc) is 2.47. The van der Waals surface area contributed by atoms with Crippen molar-refractivity contribution >= 4 is 5.91 Å². The predicted octanol–water partition coefficient (Wildman–Crippen LogP) is 1.83. The number of morpholine rings is 1. The van der Waals surface area contributed by atoms with E-state index in [2.05, 4.69) is 6.92 Å². The third kappa shape index (κ3) is 3.19. The molecule has 2 N–H and O–H groups in total. The molecule has 4 heteroatoms. The second-order valence-electron chi connectivity index (χ2n) is 5.36. The first kappa shape index (κ1) is 15.0. The van der Waals surface area contributed by atoms with Gasteiger partial charge < -0.3 is 15.4 Å². The Morgan fingerprint density at radius 1 is 1.45 bits per heavy atom. The lowest BCUT2D eigenvalue weighted by Crippen LogP contribution is -2.51. The van der Waals surface area contributed by atoms with Crippen molar-refractivity contribution in [2.75, 3.05) is 19.7 Å². The van der Waals surface area contributed by atoms with E-state index in [9.17, 15) is 4.79 Å². The summed E-state index contributed by atoms with van der Waals surface area (Å²) in [6.07, 6.45) is 1.75. The van der Waals surface area contributed by atoms with Crippen molar-refractivity contribution in [3.63, 3.8) is 0 Å². The van der Waals surface area contributed by atoms with Gasteiger partial charge >= 0.3 is 0 Å². The maximum atomic E-state index is 12.8. The molecule has 1 saturated heterocycles. The molecular formula is C16H24N2O2. The van der Waals surface area contributed by atoms with Gasteiger partial charge in [-0.3, -0.25) is 4.79 Å². The Morgan fingerprint density at radius 2 is 2.20 bits per heavy atom. The van der Waals surface area contributed by atoms with E-state index >= 15 is 0 Å². The van der Waals surface area contributed by atoms with Crippen LogP contribution in [0.5, 0.6) is 0 Å². The maximum Gasteiger partial charge on any atom is 0.254 e. The molecule has 20 heavy (non-hydrogen) atoms. The molecule has 1 heterocycles. The van der Waals surface area contributed by atoms with Crippen molar-refractivity contribution < 1.29 is 9.53 Å². The van der Waals surface area contributed by atoms with E-state index in [1.807, 2.05) is 36.1 Å². The minimum Gasteiger partial charge on any atom is -0.375 e. The summed E-state index contributed by atoms with van der Waals surface area (Å²) in [7, 11) is 0. The van der Waals surface area contributed by atoms with Gasteiger partial charge in [0.1, 0.15) is 0 Å². The van der Waals surface area contributed by atoms with Crippen molar-refractivity contribution in [2.45, 2.75) is 38.8 Å². The molecule has 0 saturated carbocycles. The summed E-state index contributed by atoms with van der Waals surface area (Å²) in [5.41, 5.74) is 7.46. The molecule has 1 aromatic rings. The van der Waals surface area contributed by atoms with Crippen LogP contribution in [0.3, 0.4) is 0 Å². The number of nitrogens with two attached hydrogens (primary N) is 1. The molecule has 0 aromatic heterocycles. The molecule has 1 amide bonds. The van der Waals surface area contributed by atoms with Crippen molar-refractivity contribution in [1.82, 2.24) is 4.90 Å². The number of benzene rings is 1. The van der Waals surface area contributed by atoms with Gasteiger partial charge in [0.15, 0.2) is 0 Å². The van der Waals surface area contributed by atoms with Crippen LogP contribution in [0.1, 0.15) is 36.2 Å². The molecule has 0 aliphatic carbocycles. The molecule has 1 aliphatic rings. The van der Waals surface area contributed by atoms with E-state index in [0.717, 1.165) is 24.0 Å². The van der Waals surface area contributed by atoms with Gasteiger partial charge in [0.2, 0.25) is 0 Å². The van der Waals surface area contributed by atoms with E-state index in [0.29, 0.717) is 19.7 Å². The molecule has 4 nitrogen and oxygen atoms in total. The maximum absolute atomic E-state index is 12.8. The van der Waals surface area contributed by atoms with Gasteiger partial charge in [-0.15, -0.1) is 0 Å². The molecule has 2 unspecified atom stereocenters. The number of carbonyl (C=O) groups excluding carboxylic acids is 1. The van der Waals surface area contributed by atoms with E-state index in [4.69, 9.17) is 10.5 Å². The highest BCUT2D eigenvalue weighted by Gasteiger charge is 2.30. The first-order valence-corrected chi connectivity index (χ1v) is 7.37. The third-order valence-electron chi connectivity index (χ3n) is 3.86. The van der Waals surface area contributed by atoms with Crippen LogP contribution in [0, 0.1) is 0 Å².